The summed E-state index contributed by atoms with van der Waals surface area (Å²) in [7, 11) is 2.21. The highest BCUT2D eigenvalue weighted by atomic mass is 16.1. The van der Waals surface area contributed by atoms with E-state index in [1.54, 1.807) is 24.3 Å². The molecule has 134 valence electrons. The highest BCUT2D eigenvalue weighted by Crippen LogP contribution is 2.06. The lowest BCUT2D eigenvalue weighted by molar-refractivity contribution is 0.101. The van der Waals surface area contributed by atoms with Gasteiger partial charge in [0.2, 0.25) is 0 Å². The summed E-state index contributed by atoms with van der Waals surface area (Å²) in [6.45, 7) is 14.9. The number of hydrogen-bond donors (Lipinski definition) is 1. The molecule has 0 saturated heterocycles. The second-order valence-electron chi connectivity index (χ2n) is 5.78. The highest BCUT2D eigenvalue weighted by molar-refractivity contribution is 5.94. The van der Waals surface area contributed by atoms with E-state index in [0.29, 0.717) is 11.3 Å². The fourth-order valence-corrected chi connectivity index (χ4v) is 1.86. The van der Waals surface area contributed by atoms with Gasteiger partial charge in [-0.05, 0) is 70.1 Å². The fraction of sp³-hybridized carbons (Fsp3) is 0.650. The molecule has 0 spiro atoms. The van der Waals surface area contributed by atoms with E-state index in [4.69, 9.17) is 5.73 Å². The van der Waals surface area contributed by atoms with Crippen molar-refractivity contribution >= 4 is 11.5 Å². The molecule has 3 heteroatoms. The Morgan fingerprint density at radius 1 is 1.13 bits per heavy atom. The van der Waals surface area contributed by atoms with Crippen LogP contribution in [-0.2, 0) is 0 Å². The molecule has 0 aromatic heterocycles. The minimum atomic E-state index is 0.0694. The molecule has 0 aliphatic rings. The van der Waals surface area contributed by atoms with E-state index in [2.05, 4.69) is 32.7 Å². The number of rotatable bonds is 7. The smallest absolute Gasteiger partial charge is 0.159 e. The number of Topliss-reactive ketones (excluding diaryl/α,β-unsaturated/α-hetero) is 1. The third kappa shape index (κ3) is 14.0. The lowest BCUT2D eigenvalue weighted by atomic mass is 10.1. The van der Waals surface area contributed by atoms with Crippen molar-refractivity contribution in [1.29, 1.82) is 0 Å². The molecule has 0 radical (unpaired) electrons. The van der Waals surface area contributed by atoms with E-state index in [0.717, 1.165) is 5.92 Å². The van der Waals surface area contributed by atoms with Gasteiger partial charge in [0.25, 0.3) is 0 Å². The maximum absolute atomic E-state index is 10.7. The van der Waals surface area contributed by atoms with Crippen LogP contribution in [0, 0.1) is 5.92 Å². The Kier molecular flexibility index (Phi) is 16.2. The molecule has 1 atom stereocenters. The van der Waals surface area contributed by atoms with Crippen LogP contribution in [0.3, 0.4) is 0 Å². The summed E-state index contributed by atoms with van der Waals surface area (Å²) in [6, 6.07) is 6.88. The van der Waals surface area contributed by atoms with Gasteiger partial charge in [-0.2, -0.15) is 0 Å². The van der Waals surface area contributed by atoms with Gasteiger partial charge in [0, 0.05) is 11.3 Å². The van der Waals surface area contributed by atoms with Gasteiger partial charge >= 0.3 is 0 Å². The molecular weight excluding hydrogens is 284 g/mol. The SMILES string of the molecule is CC.CC(=O)c1ccc(N)cc1.CCCN(C)CCC(C)CC. The lowest BCUT2D eigenvalue weighted by Gasteiger charge is -2.17. The van der Waals surface area contributed by atoms with Crippen molar-refractivity contribution in [3.63, 3.8) is 0 Å². The van der Waals surface area contributed by atoms with E-state index >= 15 is 0 Å². The van der Waals surface area contributed by atoms with Crippen LogP contribution in [0.2, 0.25) is 0 Å². The zero-order valence-corrected chi connectivity index (χ0v) is 16.4. The number of nitrogen functional groups attached to an aromatic ring is 1. The third-order valence-electron chi connectivity index (χ3n) is 3.62. The summed E-state index contributed by atoms with van der Waals surface area (Å²) in [5.74, 6) is 0.967. The quantitative estimate of drug-likeness (QED) is 0.550. The van der Waals surface area contributed by atoms with Gasteiger partial charge in [0.15, 0.2) is 5.78 Å². The lowest BCUT2D eigenvalue weighted by Crippen LogP contribution is -2.21. The fourth-order valence-electron chi connectivity index (χ4n) is 1.86. The van der Waals surface area contributed by atoms with E-state index in [-0.39, 0.29) is 5.78 Å². The number of nitrogens with zero attached hydrogens (tertiary/aromatic N) is 1. The Bertz CT molecular complexity index is 387. The van der Waals surface area contributed by atoms with Gasteiger partial charge in [-0.25, -0.2) is 0 Å². The molecule has 0 fully saturated rings. The Hall–Kier alpha value is -1.35. The van der Waals surface area contributed by atoms with Gasteiger partial charge in [-0.15, -0.1) is 0 Å². The van der Waals surface area contributed by atoms with Crippen molar-refractivity contribution in [2.24, 2.45) is 5.92 Å². The molecule has 0 heterocycles. The second kappa shape index (κ2) is 15.5. The number of anilines is 1. The minimum absolute atomic E-state index is 0.0694. The summed E-state index contributed by atoms with van der Waals surface area (Å²) in [5.41, 5.74) is 6.80. The van der Waals surface area contributed by atoms with Gasteiger partial charge in [-0.1, -0.05) is 41.0 Å². The predicted octanol–water partition coefficient (Wildman–Crippen LogP) is 5.26. The number of hydrogen-bond acceptors (Lipinski definition) is 3. The Morgan fingerprint density at radius 3 is 2.04 bits per heavy atom. The molecule has 23 heavy (non-hydrogen) atoms. The molecule has 0 bridgehead atoms. The zero-order valence-electron chi connectivity index (χ0n) is 16.4. The normalized spacial score (nSPS) is 11.0. The summed E-state index contributed by atoms with van der Waals surface area (Å²) >= 11 is 0. The first kappa shape index (κ1) is 23.9. The zero-order chi connectivity index (χ0) is 18.3. The highest BCUT2D eigenvalue weighted by Gasteiger charge is 2.00. The summed E-state index contributed by atoms with van der Waals surface area (Å²) in [6.07, 6.45) is 3.95. The molecule has 2 N–H and O–H groups in total. The molecule has 0 aliphatic carbocycles. The van der Waals surface area contributed by atoms with Crippen LogP contribution in [0.1, 0.15) is 71.2 Å². The van der Waals surface area contributed by atoms with Crippen LogP contribution in [0.4, 0.5) is 5.69 Å². The first-order valence-electron chi connectivity index (χ1n) is 8.95. The van der Waals surface area contributed by atoms with Crippen molar-refractivity contribution in [2.45, 2.75) is 60.8 Å². The summed E-state index contributed by atoms with van der Waals surface area (Å²) in [4.78, 5) is 13.1. The standard InChI is InChI=1S/C10H23N.C8H9NO.C2H6/c1-5-8-11(4)9-7-10(3)6-2;1-6(10)7-2-4-8(9)5-3-7;1-2/h10H,5-9H2,1-4H3;2-5H,9H2,1H3;1-2H3. The van der Waals surface area contributed by atoms with Crippen LogP contribution in [0.15, 0.2) is 24.3 Å². The average Bonchev–Trinajstić information content (AvgIpc) is 2.55. The van der Waals surface area contributed by atoms with Crippen molar-refractivity contribution in [3.05, 3.63) is 29.8 Å². The first-order chi connectivity index (χ1) is 10.9. The van der Waals surface area contributed by atoms with Gasteiger partial charge in [0.05, 0.1) is 0 Å². The molecule has 0 saturated carbocycles. The summed E-state index contributed by atoms with van der Waals surface area (Å²) < 4.78 is 0. The number of nitrogens with two attached hydrogens (primary N) is 1. The van der Waals surface area contributed by atoms with Crippen molar-refractivity contribution in [1.82, 2.24) is 4.90 Å². The maximum atomic E-state index is 10.7. The third-order valence-corrected chi connectivity index (χ3v) is 3.62. The first-order valence-corrected chi connectivity index (χ1v) is 8.95. The number of benzene rings is 1. The van der Waals surface area contributed by atoms with Crippen LogP contribution < -0.4 is 5.73 Å². The maximum Gasteiger partial charge on any atom is 0.159 e. The number of carbonyl (C=O) groups excluding carboxylic acids is 1. The number of carbonyl (C=O) groups is 1. The monoisotopic (exact) mass is 322 g/mol. The Morgan fingerprint density at radius 2 is 1.65 bits per heavy atom. The van der Waals surface area contributed by atoms with Crippen LogP contribution in [0.5, 0.6) is 0 Å². The Balaban J connectivity index is 0. The van der Waals surface area contributed by atoms with Crippen molar-refractivity contribution in [3.8, 4) is 0 Å². The van der Waals surface area contributed by atoms with E-state index in [1.807, 2.05) is 13.8 Å². The second-order valence-corrected chi connectivity index (χ2v) is 5.78. The molecule has 0 aliphatic heterocycles. The molecule has 1 unspecified atom stereocenters. The van der Waals surface area contributed by atoms with E-state index < -0.39 is 0 Å². The molecule has 1 aromatic carbocycles. The number of ketones is 1. The Labute approximate surface area is 144 Å². The predicted molar refractivity (Wildman–Crippen MR) is 104 cm³/mol. The molecule has 1 aromatic rings. The minimum Gasteiger partial charge on any atom is -0.399 e. The topological polar surface area (TPSA) is 46.3 Å². The van der Waals surface area contributed by atoms with E-state index in [9.17, 15) is 4.79 Å². The van der Waals surface area contributed by atoms with Crippen LogP contribution >= 0.6 is 0 Å². The van der Waals surface area contributed by atoms with Crippen molar-refractivity contribution < 1.29 is 4.79 Å². The molecule has 0 amide bonds. The largest absolute Gasteiger partial charge is 0.399 e. The summed E-state index contributed by atoms with van der Waals surface area (Å²) in [5, 5.41) is 0. The molecule has 3 nitrogen and oxygen atoms in total. The van der Waals surface area contributed by atoms with Gasteiger partial charge < -0.3 is 10.6 Å². The molecule has 1 rings (SSSR count). The molecular formula is C20H38N2O. The van der Waals surface area contributed by atoms with Gasteiger partial charge in [0.1, 0.15) is 0 Å². The van der Waals surface area contributed by atoms with Crippen LogP contribution in [0.25, 0.3) is 0 Å². The van der Waals surface area contributed by atoms with Gasteiger partial charge in [-0.3, -0.25) is 4.79 Å². The average molecular weight is 323 g/mol. The van der Waals surface area contributed by atoms with Crippen molar-refractivity contribution in [2.75, 3.05) is 25.9 Å². The van der Waals surface area contributed by atoms with Crippen LogP contribution in [-0.4, -0.2) is 30.8 Å². The van der Waals surface area contributed by atoms with E-state index in [1.165, 1.54) is 39.3 Å².